The van der Waals surface area contributed by atoms with E-state index in [1.54, 1.807) is 12.4 Å². The molecule has 2 aromatic rings. The van der Waals surface area contributed by atoms with Gasteiger partial charge in [-0.05, 0) is 54.5 Å². The van der Waals surface area contributed by atoms with Crippen LogP contribution in [0.25, 0.3) is 0 Å². The van der Waals surface area contributed by atoms with Gasteiger partial charge in [-0.15, -0.1) is 0 Å². The number of benzene rings is 1. The normalized spacial score (nSPS) is 16.5. The van der Waals surface area contributed by atoms with Crippen molar-refractivity contribution in [1.29, 1.82) is 0 Å². The summed E-state index contributed by atoms with van der Waals surface area (Å²) in [6.07, 6.45) is 1.42. The predicted octanol–water partition coefficient (Wildman–Crippen LogP) is 4.32. The molecule has 1 aromatic carbocycles. The minimum atomic E-state index is -4.35. The van der Waals surface area contributed by atoms with E-state index >= 15 is 0 Å². The minimum absolute atomic E-state index is 0.125. The topological polar surface area (TPSA) is 51.2 Å². The molecule has 1 amide bonds. The number of pyridine rings is 1. The molecule has 0 bridgehead atoms. The minimum Gasteiger partial charge on any atom is -0.381 e. The number of carbonyl (C=O) groups is 1. The maximum absolute atomic E-state index is 12.6. The first-order valence-electron chi connectivity index (χ1n) is 9.36. The van der Waals surface area contributed by atoms with E-state index in [1.165, 1.54) is 12.1 Å². The Hall–Kier alpha value is -2.41. The summed E-state index contributed by atoms with van der Waals surface area (Å²) in [5.74, 6) is 0.146. The molecule has 2 heterocycles. The lowest BCUT2D eigenvalue weighted by molar-refractivity contribution is -0.137. The second-order valence-corrected chi connectivity index (χ2v) is 6.98. The molecule has 1 N–H and O–H groups in total. The lowest BCUT2D eigenvalue weighted by Gasteiger charge is -2.31. The van der Waals surface area contributed by atoms with Crippen molar-refractivity contribution in [3.63, 3.8) is 0 Å². The molecule has 3 rings (SSSR count). The van der Waals surface area contributed by atoms with Crippen molar-refractivity contribution < 1.29 is 22.7 Å². The fourth-order valence-corrected chi connectivity index (χ4v) is 3.45. The number of halogens is 3. The standard InChI is InChI=1S/C21H23F3N2O2/c22-21(23,24)18-6-3-15(4-7-18)5-8-19(27)26-20(16-9-12-28-13-10-16)17-2-1-11-25-14-17/h1-4,6-7,11,14,16,20H,5,8-10,12-13H2,(H,26,27). The zero-order chi connectivity index (χ0) is 20.0. The van der Waals surface area contributed by atoms with Crippen molar-refractivity contribution in [1.82, 2.24) is 10.3 Å². The van der Waals surface area contributed by atoms with E-state index in [4.69, 9.17) is 4.74 Å². The SMILES string of the molecule is O=C(CCc1ccc(C(F)(F)F)cc1)NC(c1cccnc1)C1CCOCC1. The van der Waals surface area contributed by atoms with Gasteiger partial charge in [-0.25, -0.2) is 0 Å². The van der Waals surface area contributed by atoms with Crippen molar-refractivity contribution in [3.8, 4) is 0 Å². The number of rotatable bonds is 6. The van der Waals surface area contributed by atoms with Crippen molar-refractivity contribution in [2.75, 3.05) is 13.2 Å². The molecule has 1 atom stereocenters. The fraction of sp³-hybridized carbons (Fsp3) is 0.429. The summed E-state index contributed by atoms with van der Waals surface area (Å²) in [6, 6.07) is 8.60. The monoisotopic (exact) mass is 392 g/mol. The van der Waals surface area contributed by atoms with Gasteiger partial charge in [0.1, 0.15) is 0 Å². The van der Waals surface area contributed by atoms with E-state index in [-0.39, 0.29) is 24.3 Å². The summed E-state index contributed by atoms with van der Waals surface area (Å²) in [5.41, 5.74) is 0.973. The molecule has 1 saturated heterocycles. The number of ether oxygens (including phenoxy) is 1. The van der Waals surface area contributed by atoms with Gasteiger partial charge in [0, 0.05) is 32.0 Å². The van der Waals surface area contributed by atoms with Gasteiger partial charge in [0.25, 0.3) is 0 Å². The lowest BCUT2D eigenvalue weighted by Crippen LogP contribution is -2.36. The maximum atomic E-state index is 12.6. The third-order valence-corrected chi connectivity index (χ3v) is 5.02. The number of carbonyl (C=O) groups excluding carboxylic acids is 1. The molecule has 28 heavy (non-hydrogen) atoms. The van der Waals surface area contributed by atoms with Gasteiger partial charge in [0.15, 0.2) is 0 Å². The Morgan fingerprint density at radius 1 is 1.18 bits per heavy atom. The Bertz CT molecular complexity index is 757. The largest absolute Gasteiger partial charge is 0.416 e. The molecule has 0 radical (unpaired) electrons. The van der Waals surface area contributed by atoms with E-state index in [0.717, 1.165) is 30.5 Å². The van der Waals surface area contributed by atoms with Crippen LogP contribution in [0.4, 0.5) is 13.2 Å². The molecule has 0 spiro atoms. The van der Waals surface area contributed by atoms with E-state index in [1.807, 2.05) is 12.1 Å². The molecule has 0 saturated carbocycles. The third kappa shape index (κ3) is 5.55. The molecule has 150 valence electrons. The molecule has 7 heteroatoms. The number of nitrogens with zero attached hydrogens (tertiary/aromatic N) is 1. The Morgan fingerprint density at radius 2 is 1.89 bits per heavy atom. The van der Waals surface area contributed by atoms with Gasteiger partial charge >= 0.3 is 6.18 Å². The van der Waals surface area contributed by atoms with Crippen LogP contribution in [0.2, 0.25) is 0 Å². The number of aryl methyl sites for hydroxylation is 1. The highest BCUT2D eigenvalue weighted by Crippen LogP contribution is 2.30. The van der Waals surface area contributed by atoms with Crippen LogP contribution in [0, 0.1) is 5.92 Å². The predicted molar refractivity (Wildman–Crippen MR) is 98.4 cm³/mol. The van der Waals surface area contributed by atoms with Gasteiger partial charge in [0.2, 0.25) is 5.91 Å². The highest BCUT2D eigenvalue weighted by Gasteiger charge is 2.30. The van der Waals surface area contributed by atoms with Crippen LogP contribution in [0.3, 0.4) is 0 Å². The van der Waals surface area contributed by atoms with Gasteiger partial charge in [-0.3, -0.25) is 9.78 Å². The number of alkyl halides is 3. The summed E-state index contributed by atoms with van der Waals surface area (Å²) in [6.45, 7) is 1.34. The highest BCUT2D eigenvalue weighted by atomic mass is 19.4. The average Bonchev–Trinajstić information content (AvgIpc) is 2.71. The van der Waals surface area contributed by atoms with Crippen molar-refractivity contribution in [3.05, 3.63) is 65.5 Å². The molecule has 1 fully saturated rings. The number of aromatic nitrogens is 1. The molecule has 1 unspecified atom stereocenters. The number of nitrogens with one attached hydrogen (secondary N) is 1. The first kappa shape index (κ1) is 20.3. The van der Waals surface area contributed by atoms with E-state index in [9.17, 15) is 18.0 Å². The van der Waals surface area contributed by atoms with E-state index < -0.39 is 11.7 Å². The van der Waals surface area contributed by atoms with E-state index in [2.05, 4.69) is 10.3 Å². The quantitative estimate of drug-likeness (QED) is 0.797. The van der Waals surface area contributed by atoms with Gasteiger partial charge in [0.05, 0.1) is 11.6 Å². The Kier molecular flexibility index (Phi) is 6.67. The summed E-state index contributed by atoms with van der Waals surface area (Å²) < 4.78 is 43.3. The Morgan fingerprint density at radius 3 is 2.50 bits per heavy atom. The third-order valence-electron chi connectivity index (χ3n) is 5.02. The highest BCUT2D eigenvalue weighted by molar-refractivity contribution is 5.76. The van der Waals surface area contributed by atoms with Crippen LogP contribution in [0.5, 0.6) is 0 Å². The summed E-state index contributed by atoms with van der Waals surface area (Å²) in [7, 11) is 0. The molecule has 4 nitrogen and oxygen atoms in total. The first-order chi connectivity index (χ1) is 13.4. The lowest BCUT2D eigenvalue weighted by atomic mass is 9.87. The van der Waals surface area contributed by atoms with Gasteiger partial charge < -0.3 is 10.1 Å². The number of amides is 1. The Labute approximate surface area is 162 Å². The van der Waals surface area contributed by atoms with Crippen molar-refractivity contribution in [2.45, 2.75) is 37.9 Å². The number of hydrogen-bond donors (Lipinski definition) is 1. The van der Waals surface area contributed by atoms with Crippen LogP contribution < -0.4 is 5.32 Å². The van der Waals surface area contributed by atoms with Gasteiger partial charge in [-0.2, -0.15) is 13.2 Å². The summed E-state index contributed by atoms with van der Waals surface area (Å²) >= 11 is 0. The summed E-state index contributed by atoms with van der Waals surface area (Å²) in [4.78, 5) is 16.7. The molecular weight excluding hydrogens is 369 g/mol. The molecule has 0 aliphatic carbocycles. The maximum Gasteiger partial charge on any atom is 0.416 e. The zero-order valence-electron chi connectivity index (χ0n) is 15.4. The second kappa shape index (κ2) is 9.19. The fourth-order valence-electron chi connectivity index (χ4n) is 3.45. The first-order valence-corrected chi connectivity index (χ1v) is 9.36. The van der Waals surface area contributed by atoms with Crippen molar-refractivity contribution in [2.24, 2.45) is 5.92 Å². The molecular formula is C21H23F3N2O2. The second-order valence-electron chi connectivity index (χ2n) is 6.98. The molecule has 1 aliphatic heterocycles. The van der Waals surface area contributed by atoms with Crippen LogP contribution in [0.15, 0.2) is 48.8 Å². The molecule has 1 aromatic heterocycles. The smallest absolute Gasteiger partial charge is 0.381 e. The summed E-state index contributed by atoms with van der Waals surface area (Å²) in [5, 5.41) is 3.09. The number of hydrogen-bond acceptors (Lipinski definition) is 3. The average molecular weight is 392 g/mol. The van der Waals surface area contributed by atoms with Crippen LogP contribution in [-0.4, -0.2) is 24.1 Å². The zero-order valence-corrected chi connectivity index (χ0v) is 15.4. The van der Waals surface area contributed by atoms with Crippen LogP contribution in [-0.2, 0) is 22.1 Å². The molecule has 1 aliphatic rings. The van der Waals surface area contributed by atoms with Crippen LogP contribution >= 0.6 is 0 Å². The van der Waals surface area contributed by atoms with Crippen LogP contribution in [0.1, 0.15) is 42.0 Å². The Balaban J connectivity index is 1.60. The van der Waals surface area contributed by atoms with Crippen molar-refractivity contribution >= 4 is 5.91 Å². The van der Waals surface area contributed by atoms with Gasteiger partial charge in [-0.1, -0.05) is 18.2 Å². The van der Waals surface area contributed by atoms with E-state index in [0.29, 0.717) is 25.2 Å².